The predicted molar refractivity (Wildman–Crippen MR) is 127 cm³/mol. The SMILES string of the molecule is Cc1ccc(-n2cnc(-c3nc(-c4ccccc4)oc3N)c2/N=C/c2ccccc2)cc1. The highest BCUT2D eigenvalue weighted by atomic mass is 16.4. The first-order valence-corrected chi connectivity index (χ1v) is 10.2. The topological polar surface area (TPSA) is 82.2 Å². The standard InChI is InChI=1S/C26H21N5O/c1-18-12-14-21(15-13-18)31-17-29-23(25(31)28-16-19-8-4-2-5-9-19)22-24(27)32-26(30-22)20-10-6-3-7-11-20/h2-17H,27H2,1H3/b28-16+. The molecule has 5 rings (SSSR count). The molecule has 6 heteroatoms. The number of nitrogen functional groups attached to an aromatic ring is 1. The Morgan fingerprint density at radius 3 is 2.28 bits per heavy atom. The van der Waals surface area contributed by atoms with E-state index in [9.17, 15) is 0 Å². The van der Waals surface area contributed by atoms with Gasteiger partial charge < -0.3 is 10.2 Å². The van der Waals surface area contributed by atoms with Gasteiger partial charge in [-0.3, -0.25) is 4.57 Å². The molecule has 3 aromatic carbocycles. The van der Waals surface area contributed by atoms with Gasteiger partial charge in [0.2, 0.25) is 11.8 Å². The van der Waals surface area contributed by atoms with Gasteiger partial charge in [-0.15, -0.1) is 0 Å². The molecule has 156 valence electrons. The molecule has 0 fully saturated rings. The van der Waals surface area contributed by atoms with Gasteiger partial charge in [-0.25, -0.2) is 15.0 Å². The van der Waals surface area contributed by atoms with Crippen LogP contribution >= 0.6 is 0 Å². The van der Waals surface area contributed by atoms with Gasteiger partial charge in [0.1, 0.15) is 12.0 Å². The highest BCUT2D eigenvalue weighted by molar-refractivity contribution is 5.85. The third-order valence-electron chi connectivity index (χ3n) is 5.09. The van der Waals surface area contributed by atoms with Crippen molar-refractivity contribution in [3.05, 3.63) is 102 Å². The van der Waals surface area contributed by atoms with E-state index >= 15 is 0 Å². The third kappa shape index (κ3) is 3.81. The van der Waals surface area contributed by atoms with Crippen molar-refractivity contribution >= 4 is 17.9 Å². The maximum atomic E-state index is 6.22. The molecule has 0 aliphatic carbocycles. The van der Waals surface area contributed by atoms with Gasteiger partial charge >= 0.3 is 0 Å². The number of anilines is 1. The lowest BCUT2D eigenvalue weighted by Crippen LogP contribution is -1.93. The highest BCUT2D eigenvalue weighted by Gasteiger charge is 2.21. The van der Waals surface area contributed by atoms with Gasteiger partial charge in [0.15, 0.2) is 11.5 Å². The minimum atomic E-state index is 0.203. The Morgan fingerprint density at radius 1 is 0.875 bits per heavy atom. The van der Waals surface area contributed by atoms with Crippen LogP contribution in [0.5, 0.6) is 0 Å². The van der Waals surface area contributed by atoms with Crippen LogP contribution in [0, 0.1) is 6.92 Å². The van der Waals surface area contributed by atoms with E-state index in [2.05, 4.69) is 29.0 Å². The van der Waals surface area contributed by atoms with Crippen LogP contribution in [-0.4, -0.2) is 20.7 Å². The lowest BCUT2D eigenvalue weighted by atomic mass is 10.2. The molecule has 2 heterocycles. The van der Waals surface area contributed by atoms with Gasteiger partial charge in [0, 0.05) is 17.5 Å². The van der Waals surface area contributed by atoms with Gasteiger partial charge in [0.05, 0.1) is 0 Å². The van der Waals surface area contributed by atoms with Crippen LogP contribution in [-0.2, 0) is 0 Å². The number of hydrogen-bond donors (Lipinski definition) is 1. The number of imidazole rings is 1. The molecule has 2 N–H and O–H groups in total. The lowest BCUT2D eigenvalue weighted by Gasteiger charge is -2.06. The molecule has 0 aliphatic heterocycles. The summed E-state index contributed by atoms with van der Waals surface area (Å²) in [6.07, 6.45) is 3.54. The van der Waals surface area contributed by atoms with Gasteiger partial charge in [-0.05, 0) is 36.8 Å². The Balaban J connectivity index is 1.63. The van der Waals surface area contributed by atoms with Gasteiger partial charge in [0.25, 0.3) is 0 Å². The summed E-state index contributed by atoms with van der Waals surface area (Å²) in [7, 11) is 0. The number of rotatable bonds is 5. The fourth-order valence-corrected chi connectivity index (χ4v) is 3.41. The van der Waals surface area contributed by atoms with Crippen LogP contribution in [0.4, 0.5) is 11.7 Å². The fraction of sp³-hybridized carbons (Fsp3) is 0.0385. The van der Waals surface area contributed by atoms with Crippen LogP contribution in [0.2, 0.25) is 0 Å². The molecule has 6 nitrogen and oxygen atoms in total. The summed E-state index contributed by atoms with van der Waals surface area (Å²) in [5.74, 6) is 1.27. The highest BCUT2D eigenvalue weighted by Crippen LogP contribution is 2.36. The lowest BCUT2D eigenvalue weighted by molar-refractivity contribution is 0.594. The first-order valence-electron chi connectivity index (χ1n) is 10.2. The molecule has 32 heavy (non-hydrogen) atoms. The van der Waals surface area contributed by atoms with Crippen molar-refractivity contribution < 1.29 is 4.42 Å². The fourth-order valence-electron chi connectivity index (χ4n) is 3.41. The number of oxazole rings is 1. The predicted octanol–water partition coefficient (Wildman–Crippen LogP) is 5.84. The second-order valence-corrected chi connectivity index (χ2v) is 7.39. The Bertz CT molecular complexity index is 1370. The van der Waals surface area contributed by atoms with Crippen LogP contribution in [0.15, 0.2) is 101 Å². The molecule has 2 aromatic heterocycles. The van der Waals surface area contributed by atoms with Crippen LogP contribution in [0.25, 0.3) is 28.5 Å². The van der Waals surface area contributed by atoms with Crippen molar-refractivity contribution in [2.24, 2.45) is 4.99 Å². The van der Waals surface area contributed by atoms with Crippen LogP contribution in [0.1, 0.15) is 11.1 Å². The summed E-state index contributed by atoms with van der Waals surface area (Å²) in [6.45, 7) is 2.05. The Morgan fingerprint density at radius 2 is 1.56 bits per heavy atom. The van der Waals surface area contributed by atoms with E-state index in [0.29, 0.717) is 23.1 Å². The van der Waals surface area contributed by atoms with E-state index in [4.69, 9.17) is 15.1 Å². The average molecular weight is 419 g/mol. The summed E-state index contributed by atoms with van der Waals surface area (Å²) in [5.41, 5.74) is 11.2. The Hall–Kier alpha value is -4.45. The van der Waals surface area contributed by atoms with E-state index < -0.39 is 0 Å². The Kier molecular flexibility index (Phi) is 5.09. The quantitative estimate of drug-likeness (QED) is 0.363. The zero-order chi connectivity index (χ0) is 21.9. The molecule has 5 aromatic rings. The zero-order valence-electron chi connectivity index (χ0n) is 17.5. The molecular weight excluding hydrogens is 398 g/mol. The molecule has 0 saturated carbocycles. The molecule has 0 bridgehead atoms. The molecule has 0 spiro atoms. The van der Waals surface area contributed by atoms with E-state index in [1.165, 1.54) is 5.56 Å². The first-order chi connectivity index (χ1) is 15.7. The van der Waals surface area contributed by atoms with Gasteiger partial charge in [-0.1, -0.05) is 66.2 Å². The number of aryl methyl sites for hydroxylation is 1. The molecule has 0 unspecified atom stereocenters. The number of aromatic nitrogens is 3. The van der Waals surface area contributed by atoms with Crippen molar-refractivity contribution in [3.63, 3.8) is 0 Å². The Labute approximate surface area is 185 Å². The van der Waals surface area contributed by atoms with E-state index in [-0.39, 0.29) is 5.88 Å². The summed E-state index contributed by atoms with van der Waals surface area (Å²) in [6, 6.07) is 27.7. The third-order valence-corrected chi connectivity index (χ3v) is 5.09. The smallest absolute Gasteiger partial charge is 0.229 e. The van der Waals surface area contributed by atoms with Crippen molar-refractivity contribution in [2.75, 3.05) is 5.73 Å². The largest absolute Gasteiger partial charge is 0.420 e. The van der Waals surface area contributed by atoms with Crippen molar-refractivity contribution in [1.29, 1.82) is 0 Å². The van der Waals surface area contributed by atoms with E-state index in [1.54, 1.807) is 12.5 Å². The molecule has 0 aliphatic rings. The number of aliphatic imine (C=N–C) groups is 1. The van der Waals surface area contributed by atoms with E-state index in [1.807, 2.05) is 77.4 Å². The van der Waals surface area contributed by atoms with Crippen LogP contribution < -0.4 is 5.73 Å². The zero-order valence-corrected chi connectivity index (χ0v) is 17.5. The summed E-state index contributed by atoms with van der Waals surface area (Å²) >= 11 is 0. The average Bonchev–Trinajstić information content (AvgIpc) is 3.42. The molecule has 0 radical (unpaired) electrons. The summed E-state index contributed by atoms with van der Waals surface area (Å²) in [4.78, 5) is 14.0. The summed E-state index contributed by atoms with van der Waals surface area (Å²) < 4.78 is 7.69. The van der Waals surface area contributed by atoms with Crippen molar-refractivity contribution in [1.82, 2.24) is 14.5 Å². The number of hydrogen-bond acceptors (Lipinski definition) is 5. The van der Waals surface area contributed by atoms with Crippen molar-refractivity contribution in [3.8, 4) is 28.5 Å². The monoisotopic (exact) mass is 419 g/mol. The van der Waals surface area contributed by atoms with Gasteiger partial charge in [-0.2, -0.15) is 0 Å². The normalized spacial score (nSPS) is 11.3. The van der Waals surface area contributed by atoms with Crippen LogP contribution in [0.3, 0.4) is 0 Å². The maximum Gasteiger partial charge on any atom is 0.229 e. The number of benzene rings is 3. The minimum absolute atomic E-state index is 0.203. The van der Waals surface area contributed by atoms with Crippen molar-refractivity contribution in [2.45, 2.75) is 6.92 Å². The number of nitrogens with zero attached hydrogens (tertiary/aromatic N) is 4. The maximum absolute atomic E-state index is 6.22. The molecule has 0 atom stereocenters. The minimum Gasteiger partial charge on any atom is -0.420 e. The molecular formula is C26H21N5O. The van der Waals surface area contributed by atoms with E-state index in [0.717, 1.165) is 16.8 Å². The molecule has 0 amide bonds. The number of nitrogens with two attached hydrogens (primary N) is 1. The second kappa shape index (κ2) is 8.35. The first kappa shape index (κ1) is 19.5. The molecule has 0 saturated heterocycles. The second-order valence-electron chi connectivity index (χ2n) is 7.39. The summed E-state index contributed by atoms with van der Waals surface area (Å²) in [5, 5.41) is 0.